The number of amides is 1. The molecule has 3 N–H and O–H groups in total. The maximum atomic E-state index is 13.0. The van der Waals surface area contributed by atoms with E-state index in [1.165, 1.54) is 12.1 Å². The maximum Gasteiger partial charge on any atom is 0.228 e. The molecule has 0 radical (unpaired) electrons. The Balaban J connectivity index is 2.82. The molecule has 1 amide bonds. The first-order valence-electron chi connectivity index (χ1n) is 5.33. The fourth-order valence-electron chi connectivity index (χ4n) is 1.39. The van der Waals surface area contributed by atoms with Crippen molar-refractivity contribution in [1.82, 2.24) is 0 Å². The van der Waals surface area contributed by atoms with Crippen LogP contribution in [0.3, 0.4) is 0 Å². The summed E-state index contributed by atoms with van der Waals surface area (Å²) in [6, 6.07) is 5.58. The van der Waals surface area contributed by atoms with Gasteiger partial charge in [-0.3, -0.25) is 4.79 Å². The van der Waals surface area contributed by atoms with Crippen molar-refractivity contribution in [3.8, 4) is 6.07 Å². The first kappa shape index (κ1) is 13.1. The summed E-state index contributed by atoms with van der Waals surface area (Å²) < 4.78 is 13.0. The van der Waals surface area contributed by atoms with Gasteiger partial charge < -0.3 is 11.1 Å². The second kappa shape index (κ2) is 5.97. The summed E-state index contributed by atoms with van der Waals surface area (Å²) in [6.07, 6.45) is 0.634. The summed E-state index contributed by atoms with van der Waals surface area (Å²) in [6.45, 7) is 2.12. The van der Waals surface area contributed by atoms with Crippen molar-refractivity contribution in [2.75, 3.05) is 11.9 Å². The number of hydrogen-bond acceptors (Lipinski definition) is 3. The zero-order valence-corrected chi connectivity index (χ0v) is 9.53. The maximum absolute atomic E-state index is 13.0. The fraction of sp³-hybridized carbons (Fsp3) is 0.333. The lowest BCUT2D eigenvalue weighted by atomic mass is 10.1. The van der Waals surface area contributed by atoms with Crippen molar-refractivity contribution in [2.24, 2.45) is 11.7 Å². The van der Waals surface area contributed by atoms with E-state index in [-0.39, 0.29) is 23.9 Å². The van der Waals surface area contributed by atoms with Crippen LogP contribution in [0, 0.1) is 23.1 Å². The summed E-state index contributed by atoms with van der Waals surface area (Å²) in [5.74, 6) is -1.09. The lowest BCUT2D eigenvalue weighted by Gasteiger charge is -2.12. The number of nitrogens with one attached hydrogen (secondary N) is 1. The molecule has 0 aliphatic rings. The second-order valence-corrected chi connectivity index (χ2v) is 3.64. The number of nitrogens with two attached hydrogens (primary N) is 1. The first-order chi connectivity index (χ1) is 8.12. The van der Waals surface area contributed by atoms with Gasteiger partial charge in [0.2, 0.25) is 5.91 Å². The molecule has 0 aromatic heterocycles. The van der Waals surface area contributed by atoms with E-state index in [4.69, 9.17) is 11.0 Å². The third-order valence-electron chi connectivity index (χ3n) is 2.50. The molecule has 0 saturated carbocycles. The predicted molar refractivity (Wildman–Crippen MR) is 62.6 cm³/mol. The minimum atomic E-state index is -0.601. The number of benzene rings is 1. The Bertz CT molecular complexity index is 450. The predicted octanol–water partition coefficient (Wildman–Crippen LogP) is 1.62. The molecule has 90 valence electrons. The summed E-state index contributed by atoms with van der Waals surface area (Å²) in [7, 11) is 0. The highest BCUT2D eigenvalue weighted by Gasteiger charge is 2.15. The van der Waals surface area contributed by atoms with Crippen LogP contribution in [0.2, 0.25) is 0 Å². The lowest BCUT2D eigenvalue weighted by Crippen LogP contribution is -2.28. The zero-order valence-electron chi connectivity index (χ0n) is 9.53. The lowest BCUT2D eigenvalue weighted by molar-refractivity contribution is -0.119. The van der Waals surface area contributed by atoms with Crippen molar-refractivity contribution in [1.29, 1.82) is 5.26 Å². The average Bonchev–Trinajstić information content (AvgIpc) is 2.33. The minimum absolute atomic E-state index is 0.0939. The molecule has 0 bridgehead atoms. The fourth-order valence-corrected chi connectivity index (χ4v) is 1.39. The minimum Gasteiger partial charge on any atom is -0.330 e. The van der Waals surface area contributed by atoms with Crippen molar-refractivity contribution in [3.05, 3.63) is 29.6 Å². The molecule has 4 nitrogen and oxygen atoms in total. The van der Waals surface area contributed by atoms with Crippen LogP contribution in [0.25, 0.3) is 0 Å². The van der Waals surface area contributed by atoms with E-state index in [2.05, 4.69) is 5.32 Å². The van der Waals surface area contributed by atoms with Gasteiger partial charge in [-0.2, -0.15) is 5.26 Å². The summed E-state index contributed by atoms with van der Waals surface area (Å²) >= 11 is 0. The van der Waals surface area contributed by atoms with Gasteiger partial charge in [0.05, 0.1) is 11.5 Å². The first-order valence-corrected chi connectivity index (χ1v) is 5.33. The molecule has 0 aliphatic heterocycles. The molecule has 1 unspecified atom stereocenters. The second-order valence-electron chi connectivity index (χ2n) is 3.64. The molecule has 0 saturated heterocycles. The Morgan fingerprint density at radius 1 is 1.65 bits per heavy atom. The van der Waals surface area contributed by atoms with Gasteiger partial charge in [-0.25, -0.2) is 4.39 Å². The molecule has 5 heteroatoms. The van der Waals surface area contributed by atoms with E-state index in [1.807, 2.05) is 6.92 Å². The molecule has 0 spiro atoms. The third kappa shape index (κ3) is 3.26. The van der Waals surface area contributed by atoms with Gasteiger partial charge in [0, 0.05) is 12.2 Å². The highest BCUT2D eigenvalue weighted by atomic mass is 19.1. The molecule has 1 atom stereocenters. The molecule has 0 heterocycles. The quantitative estimate of drug-likeness (QED) is 0.832. The van der Waals surface area contributed by atoms with E-state index < -0.39 is 5.82 Å². The Labute approximate surface area is 99.2 Å². The van der Waals surface area contributed by atoms with Crippen molar-refractivity contribution in [2.45, 2.75) is 13.3 Å². The van der Waals surface area contributed by atoms with Crippen molar-refractivity contribution < 1.29 is 9.18 Å². The zero-order chi connectivity index (χ0) is 12.8. The van der Waals surface area contributed by atoms with Crippen LogP contribution in [-0.4, -0.2) is 12.5 Å². The van der Waals surface area contributed by atoms with Gasteiger partial charge in [0.1, 0.15) is 11.9 Å². The van der Waals surface area contributed by atoms with Crippen LogP contribution < -0.4 is 11.1 Å². The average molecular weight is 235 g/mol. The van der Waals surface area contributed by atoms with E-state index in [9.17, 15) is 9.18 Å². The molecule has 1 aromatic carbocycles. The molecule has 17 heavy (non-hydrogen) atoms. The van der Waals surface area contributed by atoms with Crippen LogP contribution in [-0.2, 0) is 4.79 Å². The van der Waals surface area contributed by atoms with Gasteiger partial charge in [-0.15, -0.1) is 0 Å². The Kier molecular flexibility index (Phi) is 4.61. The van der Waals surface area contributed by atoms with E-state index in [0.717, 1.165) is 6.07 Å². The van der Waals surface area contributed by atoms with Crippen LogP contribution >= 0.6 is 0 Å². The highest BCUT2D eigenvalue weighted by molar-refractivity contribution is 5.92. The van der Waals surface area contributed by atoms with Gasteiger partial charge >= 0.3 is 0 Å². The van der Waals surface area contributed by atoms with Gasteiger partial charge in [0.15, 0.2) is 0 Å². The summed E-state index contributed by atoms with van der Waals surface area (Å²) in [5.41, 5.74) is 5.75. The Morgan fingerprint density at radius 2 is 2.35 bits per heavy atom. The van der Waals surface area contributed by atoms with E-state index >= 15 is 0 Å². The third-order valence-corrected chi connectivity index (χ3v) is 2.50. The number of rotatable bonds is 4. The Hall–Kier alpha value is -1.93. The molecule has 0 fully saturated rings. The Morgan fingerprint density at radius 3 is 2.88 bits per heavy atom. The number of nitriles is 1. The number of anilines is 1. The SMILES string of the molecule is CCC(CN)C(=O)Nc1ccc(F)c(C#N)c1. The molecule has 1 aromatic rings. The summed E-state index contributed by atoms with van der Waals surface area (Å²) in [4.78, 5) is 11.7. The number of carbonyl (C=O) groups is 1. The number of halogens is 1. The number of nitrogens with zero attached hydrogens (tertiary/aromatic N) is 1. The van der Waals surface area contributed by atoms with Crippen LogP contribution in [0.4, 0.5) is 10.1 Å². The number of carbonyl (C=O) groups excluding carboxylic acids is 1. The molecular formula is C12H14FN3O. The van der Waals surface area contributed by atoms with Gasteiger partial charge in [-0.05, 0) is 24.6 Å². The van der Waals surface area contributed by atoms with E-state index in [1.54, 1.807) is 6.07 Å². The monoisotopic (exact) mass is 235 g/mol. The van der Waals surface area contributed by atoms with Gasteiger partial charge in [-0.1, -0.05) is 6.92 Å². The van der Waals surface area contributed by atoms with Crippen LogP contribution in [0.5, 0.6) is 0 Å². The number of hydrogen-bond donors (Lipinski definition) is 2. The molecule has 1 rings (SSSR count). The summed E-state index contributed by atoms with van der Waals surface area (Å²) in [5, 5.41) is 11.3. The largest absolute Gasteiger partial charge is 0.330 e. The standard InChI is InChI=1S/C12H14FN3O/c1-2-8(6-14)12(17)16-10-3-4-11(13)9(5-10)7-15/h3-5,8H,2,6,14H2,1H3,(H,16,17). The van der Waals surface area contributed by atoms with Crippen molar-refractivity contribution >= 4 is 11.6 Å². The van der Waals surface area contributed by atoms with Crippen LogP contribution in [0.15, 0.2) is 18.2 Å². The highest BCUT2D eigenvalue weighted by Crippen LogP contribution is 2.15. The smallest absolute Gasteiger partial charge is 0.228 e. The van der Waals surface area contributed by atoms with Crippen LogP contribution in [0.1, 0.15) is 18.9 Å². The molecule has 0 aliphatic carbocycles. The molecular weight excluding hydrogens is 221 g/mol. The normalized spacial score (nSPS) is 11.6. The van der Waals surface area contributed by atoms with E-state index in [0.29, 0.717) is 12.1 Å². The topological polar surface area (TPSA) is 78.9 Å². The van der Waals surface area contributed by atoms with Crippen molar-refractivity contribution in [3.63, 3.8) is 0 Å². The van der Waals surface area contributed by atoms with Gasteiger partial charge in [0.25, 0.3) is 0 Å².